The summed E-state index contributed by atoms with van der Waals surface area (Å²) in [5.41, 5.74) is 0. The molecular formula is C24H38O2. The van der Waals surface area contributed by atoms with Gasteiger partial charge < -0.3 is 5.11 Å². The van der Waals surface area contributed by atoms with E-state index in [9.17, 15) is 4.79 Å². The van der Waals surface area contributed by atoms with Crippen LogP contribution in [0.3, 0.4) is 0 Å². The second-order valence-corrected chi connectivity index (χ2v) is 6.44. The second-order valence-electron chi connectivity index (χ2n) is 6.44. The number of allylic oxidation sites excluding steroid dienone is 10. The Morgan fingerprint density at radius 3 is 1.77 bits per heavy atom. The third-order valence-electron chi connectivity index (χ3n) is 3.95. The van der Waals surface area contributed by atoms with Gasteiger partial charge in [-0.1, -0.05) is 93.4 Å². The summed E-state index contributed by atoms with van der Waals surface area (Å²) in [6, 6.07) is 0. The van der Waals surface area contributed by atoms with Crippen LogP contribution in [0.5, 0.6) is 0 Å². The third kappa shape index (κ3) is 22.2. The van der Waals surface area contributed by atoms with Crippen molar-refractivity contribution in [3.05, 3.63) is 60.8 Å². The minimum Gasteiger partial charge on any atom is -0.481 e. The van der Waals surface area contributed by atoms with E-state index >= 15 is 0 Å². The molecule has 1 N–H and O–H groups in total. The second kappa shape index (κ2) is 21.2. The van der Waals surface area contributed by atoms with E-state index in [2.05, 4.69) is 67.7 Å². The molecule has 0 unspecified atom stereocenters. The van der Waals surface area contributed by atoms with Crippen LogP contribution >= 0.6 is 0 Å². The molecule has 0 fully saturated rings. The average molecular weight is 359 g/mol. The van der Waals surface area contributed by atoms with Gasteiger partial charge >= 0.3 is 5.97 Å². The van der Waals surface area contributed by atoms with Crippen LogP contribution < -0.4 is 0 Å². The maximum atomic E-state index is 10.4. The number of carbonyl (C=O) groups is 1. The highest BCUT2D eigenvalue weighted by molar-refractivity contribution is 5.66. The summed E-state index contributed by atoms with van der Waals surface area (Å²) in [6.45, 7) is 2.15. The normalized spacial score (nSPS) is 12.7. The lowest BCUT2D eigenvalue weighted by atomic mass is 10.1. The highest BCUT2D eigenvalue weighted by Crippen LogP contribution is 2.08. The van der Waals surface area contributed by atoms with E-state index in [1.54, 1.807) is 0 Å². The smallest absolute Gasteiger partial charge is 0.303 e. The number of unbranched alkanes of at least 4 members (excludes halogenated alkanes) is 6. The Bertz CT molecular complexity index is 453. The van der Waals surface area contributed by atoms with Gasteiger partial charge in [-0.05, 0) is 44.9 Å². The molecule has 0 radical (unpaired) electrons. The molecule has 2 heteroatoms. The maximum Gasteiger partial charge on any atom is 0.303 e. The largest absolute Gasteiger partial charge is 0.481 e. The van der Waals surface area contributed by atoms with Crippen molar-refractivity contribution in [1.82, 2.24) is 0 Å². The molecule has 146 valence electrons. The number of aliphatic carboxylic acids is 1. The lowest BCUT2D eigenvalue weighted by molar-refractivity contribution is -0.137. The molecule has 0 aliphatic rings. The molecule has 0 saturated heterocycles. The summed E-state index contributed by atoms with van der Waals surface area (Å²) in [5.74, 6) is -0.675. The molecule has 0 spiro atoms. The average Bonchev–Trinajstić information content (AvgIpc) is 2.62. The minimum atomic E-state index is -0.675. The van der Waals surface area contributed by atoms with Crippen LogP contribution in [0.1, 0.15) is 84.0 Å². The summed E-state index contributed by atoms with van der Waals surface area (Å²) in [5, 5.41) is 8.55. The fraction of sp³-hybridized carbons (Fsp3) is 0.542. The van der Waals surface area contributed by atoms with Gasteiger partial charge in [0.25, 0.3) is 0 Å². The predicted octanol–water partition coefficient (Wildman–Crippen LogP) is 7.55. The van der Waals surface area contributed by atoms with Gasteiger partial charge in [0.15, 0.2) is 0 Å². The van der Waals surface area contributed by atoms with E-state index in [1.165, 1.54) is 19.3 Å². The fourth-order valence-electron chi connectivity index (χ4n) is 2.46. The zero-order valence-electron chi connectivity index (χ0n) is 16.6. The molecule has 0 rings (SSSR count). The Balaban J connectivity index is 3.39. The van der Waals surface area contributed by atoms with Crippen molar-refractivity contribution in [2.75, 3.05) is 0 Å². The quantitative estimate of drug-likeness (QED) is 0.165. The third-order valence-corrected chi connectivity index (χ3v) is 3.95. The number of carboxylic acid groups (broad SMARTS) is 1. The van der Waals surface area contributed by atoms with Crippen LogP contribution in [-0.2, 0) is 4.79 Å². The molecule has 0 saturated carbocycles. The lowest BCUT2D eigenvalue weighted by Gasteiger charge is -1.99. The Hall–Kier alpha value is -1.83. The summed E-state index contributed by atoms with van der Waals surface area (Å²) in [7, 11) is 0. The zero-order chi connectivity index (χ0) is 19.1. The molecule has 0 bridgehead atoms. The Labute approximate surface area is 161 Å². The Morgan fingerprint density at radius 1 is 0.654 bits per heavy atom. The van der Waals surface area contributed by atoms with Crippen molar-refractivity contribution in [2.24, 2.45) is 0 Å². The SMILES string of the molecule is CC/C=C/C/C=C/C/C=C/C/C=C/C=C/CCCCCCCCC(=O)O. The van der Waals surface area contributed by atoms with E-state index in [0.717, 1.165) is 51.4 Å². The predicted molar refractivity (Wildman–Crippen MR) is 114 cm³/mol. The van der Waals surface area contributed by atoms with Crippen LogP contribution in [0, 0.1) is 0 Å². The zero-order valence-corrected chi connectivity index (χ0v) is 16.6. The maximum absolute atomic E-state index is 10.4. The van der Waals surface area contributed by atoms with Gasteiger partial charge in [0, 0.05) is 6.42 Å². The van der Waals surface area contributed by atoms with Gasteiger partial charge in [0.1, 0.15) is 0 Å². The first kappa shape index (κ1) is 24.2. The number of rotatable bonds is 17. The van der Waals surface area contributed by atoms with Crippen molar-refractivity contribution in [1.29, 1.82) is 0 Å². The summed E-state index contributed by atoms with van der Waals surface area (Å²) >= 11 is 0. The summed E-state index contributed by atoms with van der Waals surface area (Å²) in [4.78, 5) is 10.4. The first-order chi connectivity index (χ1) is 12.8. The lowest BCUT2D eigenvalue weighted by Crippen LogP contribution is -1.93. The van der Waals surface area contributed by atoms with Crippen molar-refractivity contribution in [3.8, 4) is 0 Å². The van der Waals surface area contributed by atoms with Gasteiger partial charge in [0.05, 0.1) is 0 Å². The monoisotopic (exact) mass is 358 g/mol. The van der Waals surface area contributed by atoms with Gasteiger partial charge in [0.2, 0.25) is 0 Å². The highest BCUT2D eigenvalue weighted by Gasteiger charge is 1.95. The number of hydrogen-bond donors (Lipinski definition) is 1. The molecule has 26 heavy (non-hydrogen) atoms. The van der Waals surface area contributed by atoms with Gasteiger partial charge in [-0.3, -0.25) is 4.79 Å². The van der Waals surface area contributed by atoms with Crippen molar-refractivity contribution >= 4 is 5.97 Å². The Kier molecular flexibility index (Phi) is 19.7. The first-order valence-corrected chi connectivity index (χ1v) is 10.3. The van der Waals surface area contributed by atoms with E-state index in [0.29, 0.717) is 6.42 Å². The highest BCUT2D eigenvalue weighted by atomic mass is 16.4. The topological polar surface area (TPSA) is 37.3 Å². The molecule has 2 nitrogen and oxygen atoms in total. The van der Waals surface area contributed by atoms with Crippen LogP contribution in [0.4, 0.5) is 0 Å². The fourth-order valence-corrected chi connectivity index (χ4v) is 2.46. The summed E-state index contributed by atoms with van der Waals surface area (Å²) < 4.78 is 0. The molecule has 0 aromatic rings. The van der Waals surface area contributed by atoms with Crippen molar-refractivity contribution in [2.45, 2.75) is 84.0 Å². The van der Waals surface area contributed by atoms with Crippen LogP contribution in [-0.4, -0.2) is 11.1 Å². The van der Waals surface area contributed by atoms with Gasteiger partial charge in [-0.15, -0.1) is 0 Å². The first-order valence-electron chi connectivity index (χ1n) is 10.3. The van der Waals surface area contributed by atoms with Gasteiger partial charge in [-0.25, -0.2) is 0 Å². The molecule has 0 aliphatic carbocycles. The van der Waals surface area contributed by atoms with Crippen LogP contribution in [0.25, 0.3) is 0 Å². The molecular weight excluding hydrogens is 320 g/mol. The van der Waals surface area contributed by atoms with E-state index < -0.39 is 5.97 Å². The van der Waals surface area contributed by atoms with E-state index in [4.69, 9.17) is 5.11 Å². The number of carboxylic acids is 1. The number of hydrogen-bond acceptors (Lipinski definition) is 1. The Morgan fingerprint density at radius 2 is 1.15 bits per heavy atom. The molecule has 0 aromatic heterocycles. The standard InChI is InChI=1S/C24H38O2/c1-2-3-4-5-6-7-8-9-10-11-12-13-14-15-16-17-18-19-20-21-22-23-24(25)26/h3-4,6-7,9-10,12-15H,2,5,8,11,16-23H2,1H3,(H,25,26)/b4-3+,7-6+,10-9+,13-12+,15-14+. The molecule has 0 aliphatic heterocycles. The summed E-state index contributed by atoms with van der Waals surface area (Å²) in [6.07, 6.45) is 34.3. The van der Waals surface area contributed by atoms with E-state index in [1.807, 2.05) is 0 Å². The molecule has 0 amide bonds. The van der Waals surface area contributed by atoms with E-state index in [-0.39, 0.29) is 0 Å². The molecule has 0 atom stereocenters. The minimum absolute atomic E-state index is 0.317. The van der Waals surface area contributed by atoms with Crippen LogP contribution in [0.15, 0.2) is 60.8 Å². The van der Waals surface area contributed by atoms with Crippen molar-refractivity contribution in [3.63, 3.8) is 0 Å². The van der Waals surface area contributed by atoms with Crippen LogP contribution in [0.2, 0.25) is 0 Å². The molecule has 0 aromatic carbocycles. The van der Waals surface area contributed by atoms with Gasteiger partial charge in [-0.2, -0.15) is 0 Å². The van der Waals surface area contributed by atoms with Crippen molar-refractivity contribution < 1.29 is 9.90 Å². The molecule has 0 heterocycles.